The fourth-order valence-electron chi connectivity index (χ4n) is 2.99. The molecule has 0 bridgehead atoms. The molecule has 0 fully saturated rings. The summed E-state index contributed by atoms with van der Waals surface area (Å²) in [5, 5.41) is 20.1. The molecule has 2 N–H and O–H groups in total. The molecule has 2 unspecified atom stereocenters. The molecule has 0 radical (unpaired) electrons. The SMILES string of the molecule is CC(c1ccc(C#N)cc1)C(NS(=O)(=O)c1ccc2ccccc2c1)C(=O)O. The van der Waals surface area contributed by atoms with E-state index in [0.29, 0.717) is 11.1 Å². The normalized spacial score (nSPS) is 13.6. The minimum Gasteiger partial charge on any atom is -0.480 e. The lowest BCUT2D eigenvalue weighted by Gasteiger charge is -2.22. The van der Waals surface area contributed by atoms with E-state index in [1.807, 2.05) is 18.2 Å². The van der Waals surface area contributed by atoms with Crippen LogP contribution in [0, 0.1) is 11.3 Å². The van der Waals surface area contributed by atoms with Gasteiger partial charge in [0.25, 0.3) is 0 Å². The third-order valence-electron chi connectivity index (χ3n) is 4.64. The largest absolute Gasteiger partial charge is 0.480 e. The van der Waals surface area contributed by atoms with E-state index in [9.17, 15) is 18.3 Å². The summed E-state index contributed by atoms with van der Waals surface area (Å²) in [4.78, 5) is 11.8. The smallest absolute Gasteiger partial charge is 0.322 e. The van der Waals surface area contributed by atoms with Crippen LogP contribution in [0.4, 0.5) is 0 Å². The van der Waals surface area contributed by atoms with Crippen LogP contribution < -0.4 is 4.72 Å². The van der Waals surface area contributed by atoms with E-state index < -0.39 is 28.0 Å². The van der Waals surface area contributed by atoms with Gasteiger partial charge in [-0.15, -0.1) is 0 Å². The number of nitrogens with one attached hydrogen (secondary N) is 1. The van der Waals surface area contributed by atoms with Crippen LogP contribution in [0.15, 0.2) is 71.6 Å². The number of carboxylic acids is 1. The maximum absolute atomic E-state index is 12.8. The fraction of sp³-hybridized carbons (Fsp3) is 0.143. The third-order valence-corrected chi connectivity index (χ3v) is 6.08. The number of aliphatic carboxylic acids is 1. The first-order chi connectivity index (χ1) is 13.3. The number of hydrogen-bond acceptors (Lipinski definition) is 4. The van der Waals surface area contributed by atoms with Gasteiger partial charge < -0.3 is 5.11 Å². The molecule has 3 rings (SSSR count). The Labute approximate surface area is 163 Å². The predicted octanol–water partition coefficient (Wildman–Crippen LogP) is 3.25. The van der Waals surface area contributed by atoms with Crippen molar-refractivity contribution in [3.8, 4) is 6.07 Å². The van der Waals surface area contributed by atoms with E-state index >= 15 is 0 Å². The number of carboxylic acid groups (broad SMARTS) is 1. The topological polar surface area (TPSA) is 107 Å². The minimum atomic E-state index is -4.05. The van der Waals surface area contributed by atoms with Crippen LogP contribution in [-0.4, -0.2) is 25.5 Å². The monoisotopic (exact) mass is 394 g/mol. The van der Waals surface area contributed by atoms with E-state index in [1.165, 1.54) is 12.1 Å². The van der Waals surface area contributed by atoms with Crippen molar-refractivity contribution in [1.82, 2.24) is 4.72 Å². The lowest BCUT2D eigenvalue weighted by molar-refractivity contribution is -0.139. The molecule has 0 heterocycles. The summed E-state index contributed by atoms with van der Waals surface area (Å²) in [6.45, 7) is 1.63. The molecule has 3 aromatic rings. The quantitative estimate of drug-likeness (QED) is 0.667. The summed E-state index contributed by atoms with van der Waals surface area (Å²) in [7, 11) is -4.05. The van der Waals surface area contributed by atoms with Crippen LogP contribution in [-0.2, 0) is 14.8 Å². The van der Waals surface area contributed by atoms with Gasteiger partial charge >= 0.3 is 5.97 Å². The molecule has 0 saturated heterocycles. The van der Waals surface area contributed by atoms with Gasteiger partial charge in [0, 0.05) is 5.92 Å². The van der Waals surface area contributed by atoms with E-state index in [0.717, 1.165) is 10.8 Å². The van der Waals surface area contributed by atoms with Gasteiger partial charge in [-0.05, 0) is 40.6 Å². The Kier molecular flexibility index (Phi) is 5.45. The summed E-state index contributed by atoms with van der Waals surface area (Å²) >= 11 is 0. The van der Waals surface area contributed by atoms with Crippen molar-refractivity contribution in [1.29, 1.82) is 5.26 Å². The summed E-state index contributed by atoms with van der Waals surface area (Å²) in [6.07, 6.45) is 0. The van der Waals surface area contributed by atoms with Crippen LogP contribution in [0.1, 0.15) is 24.0 Å². The first-order valence-corrected chi connectivity index (χ1v) is 10.0. The summed E-state index contributed by atoms with van der Waals surface area (Å²) < 4.78 is 27.9. The van der Waals surface area contributed by atoms with Crippen molar-refractivity contribution in [2.45, 2.75) is 23.8 Å². The fourth-order valence-corrected chi connectivity index (χ4v) is 4.29. The number of benzene rings is 3. The average Bonchev–Trinajstić information content (AvgIpc) is 2.71. The molecule has 7 heteroatoms. The Morgan fingerprint density at radius 3 is 2.29 bits per heavy atom. The van der Waals surface area contributed by atoms with Gasteiger partial charge in [0.15, 0.2) is 0 Å². The summed E-state index contributed by atoms with van der Waals surface area (Å²) in [5.74, 6) is -1.92. The van der Waals surface area contributed by atoms with Crippen molar-refractivity contribution in [3.05, 3.63) is 77.9 Å². The zero-order valence-corrected chi connectivity index (χ0v) is 15.8. The van der Waals surface area contributed by atoms with Crippen molar-refractivity contribution in [3.63, 3.8) is 0 Å². The highest BCUT2D eigenvalue weighted by atomic mass is 32.2. The summed E-state index contributed by atoms with van der Waals surface area (Å²) in [6, 6.07) is 19.0. The van der Waals surface area contributed by atoms with E-state index in [2.05, 4.69) is 4.72 Å². The molecule has 2 atom stereocenters. The van der Waals surface area contributed by atoms with Crippen molar-refractivity contribution in [2.24, 2.45) is 0 Å². The number of fused-ring (bicyclic) bond motifs is 1. The Balaban J connectivity index is 1.91. The number of carbonyl (C=O) groups is 1. The molecule has 0 amide bonds. The first kappa shape index (κ1) is 19.5. The average molecular weight is 394 g/mol. The zero-order valence-electron chi connectivity index (χ0n) is 15.0. The molecular weight excluding hydrogens is 376 g/mol. The van der Waals surface area contributed by atoms with Crippen LogP contribution in [0.5, 0.6) is 0 Å². The van der Waals surface area contributed by atoms with Crippen LogP contribution >= 0.6 is 0 Å². The number of sulfonamides is 1. The molecule has 6 nitrogen and oxygen atoms in total. The van der Waals surface area contributed by atoms with Gasteiger partial charge in [0.2, 0.25) is 10.0 Å². The molecular formula is C21H18N2O4S. The van der Waals surface area contributed by atoms with E-state index in [-0.39, 0.29) is 4.90 Å². The standard InChI is InChI=1S/C21H18N2O4S/c1-14(16-8-6-15(13-22)7-9-16)20(21(24)25)23-28(26,27)19-11-10-17-4-2-3-5-18(17)12-19/h2-12,14,20,23H,1H3,(H,24,25). The van der Waals surface area contributed by atoms with Gasteiger partial charge in [-0.1, -0.05) is 49.4 Å². The van der Waals surface area contributed by atoms with Gasteiger partial charge in [0.05, 0.1) is 16.5 Å². The van der Waals surface area contributed by atoms with E-state index in [1.54, 1.807) is 49.4 Å². The predicted molar refractivity (Wildman–Crippen MR) is 105 cm³/mol. The van der Waals surface area contributed by atoms with E-state index in [4.69, 9.17) is 5.26 Å². The molecule has 142 valence electrons. The highest BCUT2D eigenvalue weighted by Crippen LogP contribution is 2.23. The van der Waals surface area contributed by atoms with Crippen LogP contribution in [0.3, 0.4) is 0 Å². The van der Waals surface area contributed by atoms with Gasteiger partial charge in [0.1, 0.15) is 6.04 Å². The lowest BCUT2D eigenvalue weighted by atomic mass is 9.93. The minimum absolute atomic E-state index is 0.00415. The van der Waals surface area contributed by atoms with Crippen LogP contribution in [0.25, 0.3) is 10.8 Å². The molecule has 0 spiro atoms. The number of nitrogens with zero attached hydrogens (tertiary/aromatic N) is 1. The molecule has 0 aromatic heterocycles. The first-order valence-electron chi connectivity index (χ1n) is 8.56. The number of hydrogen-bond donors (Lipinski definition) is 2. The van der Waals surface area contributed by atoms with Gasteiger partial charge in [-0.2, -0.15) is 9.98 Å². The number of nitriles is 1. The van der Waals surface area contributed by atoms with Gasteiger partial charge in [-0.25, -0.2) is 8.42 Å². The third kappa shape index (κ3) is 4.03. The Hall–Kier alpha value is -3.21. The summed E-state index contributed by atoms with van der Waals surface area (Å²) in [5.41, 5.74) is 1.06. The molecule has 0 aliphatic carbocycles. The van der Waals surface area contributed by atoms with Crippen molar-refractivity contribution < 1.29 is 18.3 Å². The molecule has 0 aliphatic rings. The maximum Gasteiger partial charge on any atom is 0.322 e. The second-order valence-electron chi connectivity index (χ2n) is 6.47. The molecule has 28 heavy (non-hydrogen) atoms. The van der Waals surface area contributed by atoms with Crippen LogP contribution in [0.2, 0.25) is 0 Å². The number of rotatable bonds is 6. The van der Waals surface area contributed by atoms with Gasteiger partial charge in [-0.3, -0.25) is 4.79 Å². The Bertz CT molecular complexity index is 1160. The second-order valence-corrected chi connectivity index (χ2v) is 8.18. The zero-order chi connectivity index (χ0) is 20.3. The maximum atomic E-state index is 12.8. The molecule has 3 aromatic carbocycles. The lowest BCUT2D eigenvalue weighted by Crippen LogP contribution is -2.44. The Morgan fingerprint density at radius 2 is 1.68 bits per heavy atom. The molecule has 0 saturated carbocycles. The molecule has 0 aliphatic heterocycles. The second kappa shape index (κ2) is 7.80. The highest BCUT2D eigenvalue weighted by molar-refractivity contribution is 7.89. The highest BCUT2D eigenvalue weighted by Gasteiger charge is 2.31. The van der Waals surface area contributed by atoms with Crippen molar-refractivity contribution in [2.75, 3.05) is 0 Å². The van der Waals surface area contributed by atoms with Crippen molar-refractivity contribution >= 4 is 26.8 Å². The Morgan fingerprint density at radius 1 is 1.04 bits per heavy atom.